The van der Waals surface area contributed by atoms with Crippen LogP contribution in [0.15, 0.2) is 42.5 Å². The first-order chi connectivity index (χ1) is 10.9. The molecule has 3 N–H and O–H groups in total. The second-order valence-corrected chi connectivity index (χ2v) is 6.49. The number of benzene rings is 1. The molecule has 0 spiro atoms. The van der Waals surface area contributed by atoms with Gasteiger partial charge in [0.25, 0.3) is 0 Å². The van der Waals surface area contributed by atoms with Crippen molar-refractivity contribution in [2.24, 2.45) is 12.8 Å². The maximum absolute atomic E-state index is 12.4. The second-order valence-electron chi connectivity index (χ2n) is 6.49. The molecule has 1 aromatic heterocycles. The summed E-state index contributed by atoms with van der Waals surface area (Å²) in [6.45, 7) is 1.79. The van der Waals surface area contributed by atoms with E-state index in [9.17, 15) is 9.90 Å². The molecule has 0 saturated heterocycles. The highest BCUT2D eigenvalue weighted by Crippen LogP contribution is 2.16. The van der Waals surface area contributed by atoms with Crippen molar-refractivity contribution in [3.8, 4) is 0 Å². The molecule has 124 valence electrons. The van der Waals surface area contributed by atoms with Crippen LogP contribution in [0.25, 0.3) is 0 Å². The van der Waals surface area contributed by atoms with Gasteiger partial charge in [-0.25, -0.2) is 0 Å². The Morgan fingerprint density at radius 1 is 1.17 bits per heavy atom. The Balaban J connectivity index is 1.96. The van der Waals surface area contributed by atoms with Gasteiger partial charge in [-0.1, -0.05) is 30.3 Å². The number of aromatic nitrogens is 1. The molecule has 0 amide bonds. The lowest BCUT2D eigenvalue weighted by Crippen LogP contribution is -2.40. The van der Waals surface area contributed by atoms with Gasteiger partial charge in [0.1, 0.15) is 0 Å². The van der Waals surface area contributed by atoms with Crippen LogP contribution >= 0.6 is 0 Å². The van der Waals surface area contributed by atoms with Crippen LogP contribution < -0.4 is 5.73 Å². The molecule has 0 aliphatic rings. The Morgan fingerprint density at radius 2 is 1.87 bits per heavy atom. The molecule has 0 aliphatic heterocycles. The van der Waals surface area contributed by atoms with Crippen molar-refractivity contribution in [2.75, 3.05) is 6.61 Å². The first-order valence-electron chi connectivity index (χ1n) is 8.04. The topological polar surface area (TPSA) is 68.2 Å². The van der Waals surface area contributed by atoms with Crippen LogP contribution in [0.5, 0.6) is 0 Å². The fourth-order valence-corrected chi connectivity index (χ4v) is 2.61. The maximum Gasteiger partial charge on any atom is 0.179 e. The van der Waals surface area contributed by atoms with E-state index in [1.165, 1.54) is 5.56 Å². The number of hydrogen-bond acceptors (Lipinski definition) is 3. The molecule has 0 aliphatic carbocycles. The average Bonchev–Trinajstić information content (AvgIpc) is 2.93. The molecule has 0 saturated carbocycles. The Labute approximate surface area is 137 Å². The van der Waals surface area contributed by atoms with Gasteiger partial charge >= 0.3 is 0 Å². The Hall–Kier alpha value is -1.91. The third kappa shape index (κ3) is 4.78. The fourth-order valence-electron chi connectivity index (χ4n) is 2.61. The molecule has 1 atom stereocenters. The summed E-state index contributed by atoms with van der Waals surface area (Å²) in [6.07, 6.45) is 2.69. The van der Waals surface area contributed by atoms with Crippen LogP contribution in [0.3, 0.4) is 0 Å². The van der Waals surface area contributed by atoms with Crippen molar-refractivity contribution in [1.82, 2.24) is 4.57 Å². The number of hydrogen-bond donors (Lipinski definition) is 2. The largest absolute Gasteiger partial charge is 0.394 e. The van der Waals surface area contributed by atoms with Crippen molar-refractivity contribution in [1.29, 1.82) is 0 Å². The quantitative estimate of drug-likeness (QED) is 0.736. The number of Topliss-reactive ketones (excluding diaryl/α,β-unsaturated/α-hetero) is 1. The van der Waals surface area contributed by atoms with E-state index in [4.69, 9.17) is 5.73 Å². The lowest BCUT2D eigenvalue weighted by Gasteiger charge is -2.21. The third-order valence-electron chi connectivity index (χ3n) is 4.31. The standard InChI is InChI=1S/C19H26N2O2/c1-19(20,14-22)13-12-16-9-10-17(21(16)2)18(23)11-8-15-6-4-3-5-7-15/h3-7,9-10,22H,8,11-14,20H2,1-2H3/t19-/m1/s1. The minimum atomic E-state index is -0.582. The number of nitrogens with two attached hydrogens (primary N) is 1. The van der Waals surface area contributed by atoms with Crippen LogP contribution in [0.2, 0.25) is 0 Å². The van der Waals surface area contributed by atoms with Crippen LogP contribution in [0, 0.1) is 0 Å². The Morgan fingerprint density at radius 3 is 2.52 bits per heavy atom. The van der Waals surface area contributed by atoms with Crippen molar-refractivity contribution in [2.45, 2.75) is 38.1 Å². The lowest BCUT2D eigenvalue weighted by molar-refractivity contribution is 0.0974. The van der Waals surface area contributed by atoms with Gasteiger partial charge in [0.05, 0.1) is 12.3 Å². The summed E-state index contributed by atoms with van der Waals surface area (Å²) in [5, 5.41) is 9.23. The van der Waals surface area contributed by atoms with Crippen molar-refractivity contribution in [3.05, 3.63) is 59.4 Å². The zero-order valence-corrected chi connectivity index (χ0v) is 14.0. The van der Waals surface area contributed by atoms with E-state index in [1.54, 1.807) is 0 Å². The number of aryl methyl sites for hydroxylation is 2. The van der Waals surface area contributed by atoms with Crippen LogP contribution in [0.4, 0.5) is 0 Å². The van der Waals surface area contributed by atoms with Gasteiger partial charge in [0, 0.05) is 24.7 Å². The summed E-state index contributed by atoms with van der Waals surface area (Å²) >= 11 is 0. The fraction of sp³-hybridized carbons (Fsp3) is 0.421. The zero-order valence-electron chi connectivity index (χ0n) is 14.0. The summed E-state index contributed by atoms with van der Waals surface area (Å²) in [4.78, 5) is 12.4. The molecule has 0 fully saturated rings. The number of rotatable bonds is 8. The first-order valence-corrected chi connectivity index (χ1v) is 8.04. The molecule has 2 rings (SSSR count). The Kier molecular flexibility index (Phi) is 5.74. The number of nitrogens with zero attached hydrogens (tertiary/aromatic N) is 1. The summed E-state index contributed by atoms with van der Waals surface area (Å²) in [5.41, 5.74) is 8.37. The number of carbonyl (C=O) groups is 1. The van der Waals surface area contributed by atoms with Crippen molar-refractivity contribution in [3.63, 3.8) is 0 Å². The van der Waals surface area contributed by atoms with E-state index in [-0.39, 0.29) is 12.4 Å². The van der Waals surface area contributed by atoms with E-state index in [2.05, 4.69) is 0 Å². The molecule has 1 aromatic carbocycles. The summed E-state index contributed by atoms with van der Waals surface area (Å²) < 4.78 is 1.95. The minimum Gasteiger partial charge on any atom is -0.394 e. The number of ketones is 1. The van der Waals surface area contributed by atoms with Crippen LogP contribution in [0.1, 0.15) is 41.5 Å². The molecule has 4 heteroatoms. The normalized spacial score (nSPS) is 13.7. The van der Waals surface area contributed by atoms with Gasteiger partial charge < -0.3 is 15.4 Å². The van der Waals surface area contributed by atoms with Crippen LogP contribution in [-0.4, -0.2) is 27.6 Å². The van der Waals surface area contributed by atoms with Gasteiger partial charge in [-0.3, -0.25) is 4.79 Å². The molecule has 0 bridgehead atoms. The molecule has 4 nitrogen and oxygen atoms in total. The summed E-state index contributed by atoms with van der Waals surface area (Å²) in [6, 6.07) is 13.9. The van der Waals surface area contributed by atoms with E-state index >= 15 is 0 Å². The van der Waals surface area contributed by atoms with Gasteiger partial charge in [-0.2, -0.15) is 0 Å². The van der Waals surface area contributed by atoms with Gasteiger partial charge in [0.2, 0.25) is 0 Å². The van der Waals surface area contributed by atoms with Gasteiger partial charge in [-0.05, 0) is 43.9 Å². The molecule has 1 heterocycles. The molecule has 0 radical (unpaired) electrons. The predicted molar refractivity (Wildman–Crippen MR) is 92.5 cm³/mol. The van der Waals surface area contributed by atoms with Crippen LogP contribution in [-0.2, 0) is 19.9 Å². The van der Waals surface area contributed by atoms with E-state index in [0.717, 1.165) is 24.2 Å². The second kappa shape index (κ2) is 7.57. The number of aliphatic hydroxyl groups excluding tert-OH is 1. The maximum atomic E-state index is 12.4. The number of carbonyl (C=O) groups excluding carboxylic acids is 1. The average molecular weight is 314 g/mol. The highest BCUT2D eigenvalue weighted by molar-refractivity contribution is 5.94. The lowest BCUT2D eigenvalue weighted by atomic mass is 9.97. The SMILES string of the molecule is Cn1c(CC[C@@](C)(N)CO)ccc1C(=O)CCc1ccccc1. The smallest absolute Gasteiger partial charge is 0.179 e. The monoisotopic (exact) mass is 314 g/mol. The molecule has 0 unspecified atom stereocenters. The molecule has 2 aromatic rings. The van der Waals surface area contributed by atoms with Crippen molar-refractivity contribution < 1.29 is 9.90 Å². The van der Waals surface area contributed by atoms with Gasteiger partial charge in [0.15, 0.2) is 5.78 Å². The first kappa shape index (κ1) is 17.4. The van der Waals surface area contributed by atoms with Crippen molar-refractivity contribution >= 4 is 5.78 Å². The highest BCUT2D eigenvalue weighted by Gasteiger charge is 2.19. The van der Waals surface area contributed by atoms with Gasteiger partial charge in [-0.15, -0.1) is 0 Å². The van der Waals surface area contributed by atoms with E-state index < -0.39 is 5.54 Å². The minimum absolute atomic E-state index is 0.0414. The Bertz CT molecular complexity index is 645. The molecular formula is C19H26N2O2. The molecular weight excluding hydrogens is 288 g/mol. The highest BCUT2D eigenvalue weighted by atomic mass is 16.3. The van der Waals surface area contributed by atoms with E-state index in [1.807, 2.05) is 61.0 Å². The zero-order chi connectivity index (χ0) is 16.9. The number of aliphatic hydroxyl groups is 1. The predicted octanol–water partition coefficient (Wildman–Crippen LogP) is 2.48. The summed E-state index contributed by atoms with van der Waals surface area (Å²) in [7, 11) is 1.91. The third-order valence-corrected chi connectivity index (χ3v) is 4.31. The summed E-state index contributed by atoms with van der Waals surface area (Å²) in [5.74, 6) is 0.153. The molecule has 23 heavy (non-hydrogen) atoms. The van der Waals surface area contributed by atoms with E-state index in [0.29, 0.717) is 12.8 Å².